The molecule has 12 heteroatoms. The number of carbonyl (C=O) groups is 1. The maximum Gasteiger partial charge on any atom is 0.335 e. The fourth-order valence-electron chi connectivity index (χ4n) is 5.34. The summed E-state index contributed by atoms with van der Waals surface area (Å²) in [6.45, 7) is 0.415. The van der Waals surface area contributed by atoms with Gasteiger partial charge < -0.3 is 19.9 Å². The maximum atomic E-state index is 17.4. The van der Waals surface area contributed by atoms with Crippen LogP contribution in [0.3, 0.4) is 0 Å². The highest BCUT2D eigenvalue weighted by atomic mass is 35.5. The molecule has 3 aromatic carbocycles. The number of aromatic amines is 1. The molecule has 2 heterocycles. The zero-order valence-electron chi connectivity index (χ0n) is 21.5. The Kier molecular flexibility index (Phi) is 6.88. The first-order valence-electron chi connectivity index (χ1n) is 12.8. The molecule has 9 nitrogen and oxygen atoms in total. The standard InChI is InChI=1S/C29H24ClFN4O5S/c30-20-10-11-24-23(14-20)22-12-19(13-25(22)33-24)29(31,41(38,39)21-4-2-1-3-5-21)28-34-26(35-40-28)16-32-15-17-6-8-18(9-7-17)27(36)37/h1-11,14,19,32-33H,12-13,15-16H2,(H,36,37). The summed E-state index contributed by atoms with van der Waals surface area (Å²) in [6, 6.07) is 19.1. The zero-order chi connectivity index (χ0) is 28.8. The van der Waals surface area contributed by atoms with Gasteiger partial charge in [0.15, 0.2) is 5.82 Å². The van der Waals surface area contributed by atoms with Gasteiger partial charge in [0.1, 0.15) is 0 Å². The number of nitrogens with one attached hydrogen (secondary N) is 2. The molecule has 0 radical (unpaired) electrons. The van der Waals surface area contributed by atoms with Crippen LogP contribution in [0.5, 0.6) is 0 Å². The number of rotatable bonds is 9. The monoisotopic (exact) mass is 594 g/mol. The van der Waals surface area contributed by atoms with Crippen LogP contribution in [0.25, 0.3) is 10.9 Å². The third-order valence-electron chi connectivity index (χ3n) is 7.40. The molecular weight excluding hydrogens is 571 g/mol. The molecule has 0 aliphatic heterocycles. The highest BCUT2D eigenvalue weighted by Gasteiger charge is 2.59. The normalized spacial score (nSPS) is 16.5. The minimum Gasteiger partial charge on any atom is -0.478 e. The van der Waals surface area contributed by atoms with Crippen molar-refractivity contribution in [3.05, 3.63) is 112 Å². The molecule has 0 spiro atoms. The van der Waals surface area contributed by atoms with Crippen molar-refractivity contribution in [3.63, 3.8) is 0 Å². The molecule has 0 saturated carbocycles. The van der Waals surface area contributed by atoms with E-state index in [1.54, 1.807) is 30.3 Å². The van der Waals surface area contributed by atoms with Gasteiger partial charge in [0.05, 0.1) is 17.0 Å². The summed E-state index contributed by atoms with van der Waals surface area (Å²) in [5.74, 6) is -2.59. The van der Waals surface area contributed by atoms with Gasteiger partial charge in [-0.2, -0.15) is 4.98 Å². The lowest BCUT2D eigenvalue weighted by atomic mass is 9.98. The van der Waals surface area contributed by atoms with Gasteiger partial charge in [-0.05, 0) is 66.4 Å². The van der Waals surface area contributed by atoms with Crippen molar-refractivity contribution < 1.29 is 27.2 Å². The van der Waals surface area contributed by atoms with Gasteiger partial charge >= 0.3 is 5.97 Å². The summed E-state index contributed by atoms with van der Waals surface area (Å²) >= 11 is 6.21. The summed E-state index contributed by atoms with van der Waals surface area (Å²) in [4.78, 5) is 18.3. The highest BCUT2D eigenvalue weighted by Crippen LogP contribution is 2.49. The van der Waals surface area contributed by atoms with Crippen LogP contribution in [0.15, 0.2) is 82.2 Å². The van der Waals surface area contributed by atoms with Gasteiger partial charge in [0.25, 0.3) is 10.9 Å². The minimum absolute atomic E-state index is 0.0679. The first kappa shape index (κ1) is 27.1. The lowest BCUT2D eigenvalue weighted by Crippen LogP contribution is -2.40. The molecular formula is C29H24ClFN4O5S. The summed E-state index contributed by atoms with van der Waals surface area (Å²) in [5, 5.41) is 14.4. The van der Waals surface area contributed by atoms with Crippen LogP contribution in [0.4, 0.5) is 4.39 Å². The van der Waals surface area contributed by atoms with E-state index in [0.29, 0.717) is 11.6 Å². The van der Waals surface area contributed by atoms with Crippen LogP contribution >= 0.6 is 11.6 Å². The molecule has 2 aromatic heterocycles. The van der Waals surface area contributed by atoms with Gasteiger partial charge in [-0.1, -0.05) is 47.1 Å². The number of aromatic carboxylic acids is 1. The number of carboxylic acids is 1. The second-order valence-electron chi connectivity index (χ2n) is 9.96. The SMILES string of the molecule is O=C(O)c1ccc(CNCc2noc(C(F)(C3Cc4[nH]c5ccc(Cl)cc5c4C3)S(=O)(=O)c3ccccc3)n2)cc1. The van der Waals surface area contributed by atoms with Crippen LogP contribution in [0.2, 0.25) is 5.02 Å². The summed E-state index contributed by atoms with van der Waals surface area (Å²) in [7, 11) is -4.63. The van der Waals surface area contributed by atoms with Crippen molar-refractivity contribution in [1.82, 2.24) is 20.4 Å². The largest absolute Gasteiger partial charge is 0.478 e. The number of carboxylic acid groups (broad SMARTS) is 1. The van der Waals surface area contributed by atoms with Crippen LogP contribution < -0.4 is 5.32 Å². The van der Waals surface area contributed by atoms with E-state index in [1.165, 1.54) is 36.4 Å². The van der Waals surface area contributed by atoms with Crippen molar-refractivity contribution in [2.24, 2.45) is 5.92 Å². The van der Waals surface area contributed by atoms with Crippen LogP contribution in [-0.4, -0.2) is 34.6 Å². The van der Waals surface area contributed by atoms with E-state index in [1.807, 2.05) is 6.07 Å². The fourth-order valence-corrected chi connectivity index (χ4v) is 7.29. The third-order valence-corrected chi connectivity index (χ3v) is 9.82. The number of H-pyrrole nitrogens is 1. The second-order valence-corrected chi connectivity index (χ2v) is 12.5. The predicted octanol–water partition coefficient (Wildman–Crippen LogP) is 5.20. The second kappa shape index (κ2) is 10.4. The minimum atomic E-state index is -4.63. The van der Waals surface area contributed by atoms with Crippen molar-refractivity contribution in [3.8, 4) is 0 Å². The Labute approximate surface area is 239 Å². The number of fused-ring (bicyclic) bond motifs is 3. The molecule has 0 bridgehead atoms. The van der Waals surface area contributed by atoms with E-state index in [4.69, 9.17) is 21.2 Å². The number of halogens is 2. The molecule has 5 aromatic rings. The van der Waals surface area contributed by atoms with E-state index < -0.39 is 32.6 Å². The van der Waals surface area contributed by atoms with Crippen molar-refractivity contribution >= 4 is 38.3 Å². The quantitative estimate of drug-likeness (QED) is 0.212. The molecule has 2 unspecified atom stereocenters. The van der Waals surface area contributed by atoms with Crippen LogP contribution in [0.1, 0.15) is 38.9 Å². The average Bonchev–Trinajstić information content (AvgIpc) is 3.69. The molecule has 6 rings (SSSR count). The van der Waals surface area contributed by atoms with Gasteiger partial charge in [-0.25, -0.2) is 17.6 Å². The maximum absolute atomic E-state index is 17.4. The van der Waals surface area contributed by atoms with Gasteiger partial charge in [-0.15, -0.1) is 0 Å². The molecule has 0 amide bonds. The Morgan fingerprint density at radius 2 is 1.85 bits per heavy atom. The molecule has 3 N–H and O–H groups in total. The Balaban J connectivity index is 1.29. The number of aromatic nitrogens is 3. The van der Waals surface area contributed by atoms with Gasteiger partial charge in [-0.3, -0.25) is 0 Å². The number of nitrogens with zero attached hydrogens (tertiary/aromatic N) is 2. The van der Waals surface area contributed by atoms with Crippen molar-refractivity contribution in [2.75, 3.05) is 0 Å². The number of sulfone groups is 1. The molecule has 1 aliphatic carbocycles. The average molecular weight is 595 g/mol. The number of alkyl halides is 1. The molecule has 0 saturated heterocycles. The van der Waals surface area contributed by atoms with E-state index in [2.05, 4.69) is 20.4 Å². The van der Waals surface area contributed by atoms with E-state index >= 15 is 4.39 Å². The van der Waals surface area contributed by atoms with E-state index in [9.17, 15) is 13.2 Å². The van der Waals surface area contributed by atoms with Crippen LogP contribution in [-0.2, 0) is 40.8 Å². The smallest absolute Gasteiger partial charge is 0.335 e. The van der Waals surface area contributed by atoms with Gasteiger partial charge in [0, 0.05) is 34.1 Å². The highest BCUT2D eigenvalue weighted by molar-refractivity contribution is 7.92. The topological polar surface area (TPSA) is 138 Å². The van der Waals surface area contributed by atoms with E-state index in [0.717, 1.165) is 27.7 Å². The lowest BCUT2D eigenvalue weighted by molar-refractivity contribution is 0.0697. The summed E-state index contributed by atoms with van der Waals surface area (Å²) < 4.78 is 50.6. The third kappa shape index (κ3) is 4.79. The molecule has 2 atom stereocenters. The van der Waals surface area contributed by atoms with Crippen LogP contribution in [0, 0.1) is 5.92 Å². The Morgan fingerprint density at radius 3 is 2.59 bits per heavy atom. The summed E-state index contributed by atoms with van der Waals surface area (Å²) in [6.07, 6.45) is 0.243. The van der Waals surface area contributed by atoms with Crippen molar-refractivity contribution in [1.29, 1.82) is 0 Å². The lowest BCUT2D eigenvalue weighted by Gasteiger charge is -2.27. The fraction of sp³-hybridized carbons (Fsp3) is 0.207. The molecule has 1 aliphatic rings. The molecule has 0 fully saturated rings. The molecule has 210 valence electrons. The number of benzene rings is 3. The first-order chi connectivity index (χ1) is 19.7. The Bertz CT molecular complexity index is 1860. The molecule has 41 heavy (non-hydrogen) atoms. The summed E-state index contributed by atoms with van der Waals surface area (Å²) in [5.41, 5.74) is 3.38. The van der Waals surface area contributed by atoms with Gasteiger partial charge in [0.2, 0.25) is 9.84 Å². The Morgan fingerprint density at radius 1 is 1.10 bits per heavy atom. The number of hydrogen-bond acceptors (Lipinski definition) is 7. The predicted molar refractivity (Wildman–Crippen MR) is 149 cm³/mol. The first-order valence-corrected chi connectivity index (χ1v) is 14.7. The van der Waals surface area contributed by atoms with Crippen molar-refractivity contribution in [2.45, 2.75) is 35.8 Å². The zero-order valence-corrected chi connectivity index (χ0v) is 23.0. The van der Waals surface area contributed by atoms with E-state index in [-0.39, 0.29) is 35.7 Å². The number of hydrogen-bond donors (Lipinski definition) is 3. The Hall–Kier alpha value is -4.06.